The summed E-state index contributed by atoms with van der Waals surface area (Å²) in [4.78, 5) is 0. The first kappa shape index (κ1) is 21.7. The van der Waals surface area contributed by atoms with Gasteiger partial charge in [-0.2, -0.15) is 13.2 Å². The molecule has 2 aromatic carbocycles. The molecule has 1 unspecified atom stereocenters. The Balaban J connectivity index is 2.45. The van der Waals surface area contributed by atoms with Gasteiger partial charge in [0.05, 0.1) is 7.11 Å². The number of ether oxygens (including phenoxy) is 1. The van der Waals surface area contributed by atoms with Crippen LogP contribution in [-0.4, -0.2) is 24.0 Å². The van der Waals surface area contributed by atoms with Gasteiger partial charge in [-0.1, -0.05) is 41.9 Å². The van der Waals surface area contributed by atoms with Crippen molar-refractivity contribution in [2.24, 2.45) is 0 Å². The molecule has 0 saturated heterocycles. The summed E-state index contributed by atoms with van der Waals surface area (Å²) in [6.45, 7) is 3.06. The quantitative estimate of drug-likeness (QED) is 0.565. The van der Waals surface area contributed by atoms with Crippen molar-refractivity contribution in [3.05, 3.63) is 63.9 Å². The van der Waals surface area contributed by atoms with E-state index < -0.39 is 35.9 Å². The minimum absolute atomic E-state index is 0.266. The lowest BCUT2D eigenvalue weighted by Gasteiger charge is -2.38. The van der Waals surface area contributed by atoms with Crippen LogP contribution < -0.4 is 4.74 Å². The SMILES string of the molecule is COc1ccc(F)cc1C(C)(C)CC(O)(Cc1cccc(Br)c1)C(F)(F)F. The summed E-state index contributed by atoms with van der Waals surface area (Å²) in [6.07, 6.45) is -6.14. The first-order chi connectivity index (χ1) is 12.4. The lowest BCUT2D eigenvalue weighted by molar-refractivity contribution is -0.266. The summed E-state index contributed by atoms with van der Waals surface area (Å²) in [5.41, 5.74) is -3.59. The van der Waals surface area contributed by atoms with Gasteiger partial charge >= 0.3 is 6.18 Å². The second kappa shape index (κ2) is 7.80. The van der Waals surface area contributed by atoms with Crippen molar-refractivity contribution in [1.82, 2.24) is 0 Å². The van der Waals surface area contributed by atoms with E-state index in [1.807, 2.05) is 0 Å². The van der Waals surface area contributed by atoms with Crippen LogP contribution in [0, 0.1) is 5.82 Å². The largest absolute Gasteiger partial charge is 0.496 e. The van der Waals surface area contributed by atoms with E-state index in [9.17, 15) is 22.7 Å². The predicted octanol–water partition coefficient (Wildman–Crippen LogP) is 5.80. The molecule has 2 nitrogen and oxygen atoms in total. The highest BCUT2D eigenvalue weighted by Crippen LogP contribution is 2.45. The van der Waals surface area contributed by atoms with Gasteiger partial charge in [0.1, 0.15) is 11.6 Å². The highest BCUT2D eigenvalue weighted by Gasteiger charge is 2.56. The van der Waals surface area contributed by atoms with Crippen LogP contribution in [-0.2, 0) is 11.8 Å². The lowest BCUT2D eigenvalue weighted by atomic mass is 9.72. The highest BCUT2D eigenvalue weighted by molar-refractivity contribution is 9.10. The van der Waals surface area contributed by atoms with Gasteiger partial charge in [0.2, 0.25) is 0 Å². The Bertz CT molecular complexity index is 805. The maximum atomic E-state index is 13.8. The van der Waals surface area contributed by atoms with E-state index in [2.05, 4.69) is 15.9 Å². The van der Waals surface area contributed by atoms with Gasteiger partial charge in [0, 0.05) is 16.5 Å². The molecule has 0 heterocycles. The van der Waals surface area contributed by atoms with Crippen molar-refractivity contribution in [2.45, 2.75) is 43.9 Å². The van der Waals surface area contributed by atoms with Gasteiger partial charge in [0.25, 0.3) is 0 Å². The second-order valence-electron chi connectivity index (χ2n) is 7.24. The smallest absolute Gasteiger partial charge is 0.417 e. The molecule has 0 aliphatic rings. The third-order valence-electron chi connectivity index (χ3n) is 4.54. The Morgan fingerprint density at radius 1 is 1.07 bits per heavy atom. The van der Waals surface area contributed by atoms with Crippen LogP contribution in [0.4, 0.5) is 17.6 Å². The number of hydrogen-bond donors (Lipinski definition) is 1. The van der Waals surface area contributed by atoms with Crippen molar-refractivity contribution in [2.75, 3.05) is 7.11 Å². The summed E-state index contributed by atoms with van der Waals surface area (Å²) < 4.78 is 61.0. The zero-order valence-corrected chi connectivity index (χ0v) is 16.8. The average Bonchev–Trinajstić information content (AvgIpc) is 2.53. The van der Waals surface area contributed by atoms with E-state index in [1.54, 1.807) is 12.1 Å². The second-order valence-corrected chi connectivity index (χ2v) is 8.16. The summed E-state index contributed by atoms with van der Waals surface area (Å²) in [5, 5.41) is 10.6. The van der Waals surface area contributed by atoms with Crippen LogP contribution in [0.15, 0.2) is 46.9 Å². The maximum Gasteiger partial charge on any atom is 0.417 e. The molecule has 1 N–H and O–H groups in total. The first-order valence-corrected chi connectivity index (χ1v) is 9.05. The van der Waals surface area contributed by atoms with Gasteiger partial charge in [-0.25, -0.2) is 4.39 Å². The minimum atomic E-state index is -4.87. The van der Waals surface area contributed by atoms with E-state index in [0.717, 1.165) is 6.07 Å². The van der Waals surface area contributed by atoms with Crippen LogP contribution >= 0.6 is 15.9 Å². The average molecular weight is 449 g/mol. The van der Waals surface area contributed by atoms with Crippen LogP contribution in [0.1, 0.15) is 31.4 Å². The minimum Gasteiger partial charge on any atom is -0.496 e. The van der Waals surface area contributed by atoms with Crippen LogP contribution in [0.25, 0.3) is 0 Å². The fourth-order valence-electron chi connectivity index (χ4n) is 3.28. The molecule has 0 saturated carbocycles. The van der Waals surface area contributed by atoms with E-state index >= 15 is 0 Å². The van der Waals surface area contributed by atoms with E-state index in [0.29, 0.717) is 10.0 Å². The lowest BCUT2D eigenvalue weighted by Crippen LogP contribution is -2.50. The van der Waals surface area contributed by atoms with E-state index in [4.69, 9.17) is 4.74 Å². The molecule has 2 aromatic rings. The Labute approximate surface area is 164 Å². The summed E-state index contributed by atoms with van der Waals surface area (Å²) in [7, 11) is 1.37. The van der Waals surface area contributed by atoms with Crippen LogP contribution in [0.5, 0.6) is 5.75 Å². The van der Waals surface area contributed by atoms with Crippen molar-refractivity contribution in [3.63, 3.8) is 0 Å². The molecule has 7 heteroatoms. The first-order valence-electron chi connectivity index (χ1n) is 8.25. The zero-order chi connectivity index (χ0) is 20.5. The van der Waals surface area contributed by atoms with Gasteiger partial charge in [-0.3, -0.25) is 0 Å². The number of hydrogen-bond acceptors (Lipinski definition) is 2. The fraction of sp³-hybridized carbons (Fsp3) is 0.400. The third-order valence-corrected chi connectivity index (χ3v) is 5.03. The number of benzene rings is 2. The zero-order valence-electron chi connectivity index (χ0n) is 15.2. The standard InChI is InChI=1S/C20H21BrF4O2/c1-18(2,16-10-15(22)7-8-17(16)27-3)12-19(26,20(23,24)25)11-13-5-4-6-14(21)9-13/h4-10,26H,11-12H2,1-3H3. The number of aliphatic hydroxyl groups is 1. The van der Waals surface area contributed by atoms with E-state index in [1.165, 1.54) is 45.2 Å². The monoisotopic (exact) mass is 448 g/mol. The fourth-order valence-corrected chi connectivity index (χ4v) is 3.73. The molecule has 0 fully saturated rings. The van der Waals surface area contributed by atoms with Crippen molar-refractivity contribution in [3.8, 4) is 5.75 Å². The molecule has 0 radical (unpaired) electrons. The summed E-state index contributed by atoms with van der Waals surface area (Å²) in [6, 6.07) is 10.1. The maximum absolute atomic E-state index is 13.8. The molecule has 27 heavy (non-hydrogen) atoms. The molecule has 0 aromatic heterocycles. The van der Waals surface area contributed by atoms with Gasteiger partial charge < -0.3 is 9.84 Å². The van der Waals surface area contributed by atoms with Crippen molar-refractivity contribution in [1.29, 1.82) is 0 Å². The number of rotatable bonds is 6. The Morgan fingerprint density at radius 3 is 2.30 bits per heavy atom. The van der Waals surface area contributed by atoms with Gasteiger partial charge in [0.15, 0.2) is 5.60 Å². The summed E-state index contributed by atoms with van der Waals surface area (Å²) >= 11 is 3.22. The molecule has 148 valence electrons. The number of alkyl halides is 3. The van der Waals surface area contributed by atoms with Gasteiger partial charge in [-0.05, 0) is 47.7 Å². The van der Waals surface area contributed by atoms with Crippen LogP contribution in [0.2, 0.25) is 0 Å². The molecule has 0 spiro atoms. The molecule has 0 bridgehead atoms. The number of methoxy groups -OCH3 is 1. The Hall–Kier alpha value is -1.60. The molecule has 0 amide bonds. The Kier molecular flexibility index (Phi) is 6.26. The molecule has 2 rings (SSSR count). The van der Waals surface area contributed by atoms with Gasteiger partial charge in [-0.15, -0.1) is 0 Å². The third kappa shape index (κ3) is 5.02. The predicted molar refractivity (Wildman–Crippen MR) is 99.4 cm³/mol. The van der Waals surface area contributed by atoms with E-state index in [-0.39, 0.29) is 11.3 Å². The molecule has 0 aliphatic carbocycles. The number of halogens is 5. The normalized spacial score (nSPS) is 14.7. The van der Waals surface area contributed by atoms with Crippen LogP contribution in [0.3, 0.4) is 0 Å². The molecule has 0 aliphatic heterocycles. The van der Waals surface area contributed by atoms with Crippen molar-refractivity contribution >= 4 is 15.9 Å². The molecule has 1 atom stereocenters. The molecular formula is C20H21BrF4O2. The molecular weight excluding hydrogens is 428 g/mol. The highest BCUT2D eigenvalue weighted by atomic mass is 79.9. The Morgan fingerprint density at radius 2 is 1.74 bits per heavy atom. The van der Waals surface area contributed by atoms with Crippen molar-refractivity contribution < 1.29 is 27.4 Å². The summed E-state index contributed by atoms with van der Waals surface area (Å²) in [5.74, 6) is -0.310. The topological polar surface area (TPSA) is 29.5 Å².